The van der Waals surface area contributed by atoms with Crippen LogP contribution in [0, 0.1) is 6.92 Å². The predicted octanol–water partition coefficient (Wildman–Crippen LogP) is 6.94. The second-order valence-electron chi connectivity index (χ2n) is 7.34. The number of sulfonamides is 1. The number of carbonyl (C=O) groups is 1. The molecule has 2 N–H and O–H groups in total. The van der Waals surface area contributed by atoms with Gasteiger partial charge in [0.05, 0.1) is 21.2 Å². The number of fused-ring (bicyclic) bond motifs is 1. The number of alkyl halides is 3. The molecule has 34 heavy (non-hydrogen) atoms. The summed E-state index contributed by atoms with van der Waals surface area (Å²) in [6.07, 6.45) is -4.48. The van der Waals surface area contributed by atoms with Crippen molar-refractivity contribution in [3.63, 3.8) is 0 Å². The molecule has 1 heterocycles. The van der Waals surface area contributed by atoms with Crippen molar-refractivity contribution in [2.75, 3.05) is 10.0 Å². The normalized spacial score (nSPS) is 12.0. The highest BCUT2D eigenvalue weighted by Crippen LogP contribution is 2.37. The third kappa shape index (κ3) is 4.89. The van der Waals surface area contributed by atoms with E-state index >= 15 is 0 Å². The van der Waals surface area contributed by atoms with Crippen LogP contribution in [0.25, 0.3) is 10.1 Å². The lowest BCUT2D eigenvalue weighted by Crippen LogP contribution is -2.14. The molecule has 0 saturated heterocycles. The van der Waals surface area contributed by atoms with Gasteiger partial charge in [-0.05, 0) is 66.4 Å². The number of rotatable bonds is 5. The summed E-state index contributed by atoms with van der Waals surface area (Å²) in [5, 5.41) is 3.09. The molecule has 5 nitrogen and oxygen atoms in total. The lowest BCUT2D eigenvalue weighted by molar-refractivity contribution is -0.137. The molecule has 0 aliphatic rings. The molecule has 0 atom stereocenters. The van der Waals surface area contributed by atoms with Crippen LogP contribution in [0.2, 0.25) is 5.02 Å². The average molecular weight is 525 g/mol. The summed E-state index contributed by atoms with van der Waals surface area (Å²) in [4.78, 5) is 13.0. The minimum Gasteiger partial charge on any atom is -0.321 e. The second-order valence-corrected chi connectivity index (χ2v) is 10.4. The smallest absolute Gasteiger partial charge is 0.321 e. The first-order valence-corrected chi connectivity index (χ1v) is 12.4. The van der Waals surface area contributed by atoms with Crippen LogP contribution in [-0.2, 0) is 16.2 Å². The third-order valence-corrected chi connectivity index (χ3v) is 8.12. The van der Waals surface area contributed by atoms with Crippen LogP contribution in [0.3, 0.4) is 0 Å². The molecule has 1 aromatic heterocycles. The van der Waals surface area contributed by atoms with Gasteiger partial charge in [-0.2, -0.15) is 13.2 Å². The van der Waals surface area contributed by atoms with Gasteiger partial charge in [0.15, 0.2) is 0 Å². The van der Waals surface area contributed by atoms with E-state index in [2.05, 4.69) is 10.0 Å². The van der Waals surface area contributed by atoms with Gasteiger partial charge >= 0.3 is 6.18 Å². The first-order valence-electron chi connectivity index (χ1n) is 9.75. The Morgan fingerprint density at radius 2 is 1.68 bits per heavy atom. The monoisotopic (exact) mass is 524 g/mol. The predicted molar refractivity (Wildman–Crippen MR) is 128 cm³/mol. The fourth-order valence-corrected chi connectivity index (χ4v) is 5.99. The summed E-state index contributed by atoms with van der Waals surface area (Å²) in [6.45, 7) is 1.59. The number of hydrogen-bond acceptors (Lipinski definition) is 4. The van der Waals surface area contributed by atoms with E-state index < -0.39 is 27.7 Å². The Morgan fingerprint density at radius 1 is 0.971 bits per heavy atom. The zero-order valence-electron chi connectivity index (χ0n) is 17.4. The van der Waals surface area contributed by atoms with Crippen molar-refractivity contribution in [2.45, 2.75) is 18.0 Å². The summed E-state index contributed by atoms with van der Waals surface area (Å²) >= 11 is 7.07. The molecule has 1 amide bonds. The van der Waals surface area contributed by atoms with Gasteiger partial charge in [0.1, 0.15) is 4.90 Å². The number of halogens is 4. The van der Waals surface area contributed by atoms with Crippen molar-refractivity contribution in [3.05, 3.63) is 87.8 Å². The molecule has 0 bridgehead atoms. The molecule has 0 spiro atoms. The van der Waals surface area contributed by atoms with E-state index in [4.69, 9.17) is 11.6 Å². The SMILES string of the molecule is Cc1c(C(=O)Nc2cccc(NS(=O)(=O)c3ccccc3Cl)c2)sc2ccc(C(F)(F)F)cc12. The Kier molecular flexibility index (Phi) is 6.32. The minimum atomic E-state index is -4.48. The highest BCUT2D eigenvalue weighted by Gasteiger charge is 2.31. The molecular weight excluding hydrogens is 509 g/mol. The Bertz CT molecular complexity index is 1520. The first kappa shape index (κ1) is 24.1. The van der Waals surface area contributed by atoms with Gasteiger partial charge in [-0.15, -0.1) is 11.3 Å². The third-order valence-electron chi connectivity index (χ3n) is 4.97. The van der Waals surface area contributed by atoms with E-state index in [-0.39, 0.29) is 20.5 Å². The van der Waals surface area contributed by atoms with Crippen molar-refractivity contribution in [1.29, 1.82) is 0 Å². The second kappa shape index (κ2) is 8.94. The summed E-state index contributed by atoms with van der Waals surface area (Å²) in [7, 11) is -3.97. The summed E-state index contributed by atoms with van der Waals surface area (Å²) < 4.78 is 67.4. The molecule has 0 aliphatic carbocycles. The van der Waals surface area contributed by atoms with Crippen molar-refractivity contribution in [3.8, 4) is 0 Å². The Hall–Kier alpha value is -3.08. The zero-order chi connectivity index (χ0) is 24.7. The lowest BCUT2D eigenvalue weighted by Gasteiger charge is -2.11. The number of thiophene rings is 1. The van der Waals surface area contributed by atoms with E-state index in [9.17, 15) is 26.4 Å². The number of anilines is 2. The fourth-order valence-electron chi connectivity index (χ4n) is 3.33. The van der Waals surface area contributed by atoms with Crippen molar-refractivity contribution in [2.24, 2.45) is 0 Å². The van der Waals surface area contributed by atoms with Crippen LogP contribution in [0.15, 0.2) is 71.6 Å². The summed E-state index contributed by atoms with van der Waals surface area (Å²) in [5.74, 6) is -0.515. The average Bonchev–Trinajstić information content (AvgIpc) is 3.09. The van der Waals surface area contributed by atoms with Crippen LogP contribution in [0.5, 0.6) is 0 Å². The topological polar surface area (TPSA) is 75.3 Å². The van der Waals surface area contributed by atoms with Crippen LogP contribution in [0.4, 0.5) is 24.5 Å². The van der Waals surface area contributed by atoms with Gasteiger partial charge < -0.3 is 5.32 Å². The molecule has 4 aromatic rings. The molecule has 3 aromatic carbocycles. The number of hydrogen-bond donors (Lipinski definition) is 2. The highest BCUT2D eigenvalue weighted by molar-refractivity contribution is 7.92. The molecule has 0 saturated carbocycles. The quantitative estimate of drug-likeness (QED) is 0.297. The first-order chi connectivity index (χ1) is 16.0. The van der Waals surface area contributed by atoms with Gasteiger partial charge in [0, 0.05) is 10.4 Å². The lowest BCUT2D eigenvalue weighted by atomic mass is 10.1. The minimum absolute atomic E-state index is 0.0633. The van der Waals surface area contributed by atoms with E-state index in [0.29, 0.717) is 21.3 Å². The van der Waals surface area contributed by atoms with Crippen molar-refractivity contribution >= 4 is 60.3 Å². The molecule has 0 radical (unpaired) electrons. The maximum absolute atomic E-state index is 13.1. The maximum Gasteiger partial charge on any atom is 0.416 e. The molecular formula is C23H16ClF3N2O3S2. The van der Waals surface area contributed by atoms with Crippen molar-refractivity contribution < 1.29 is 26.4 Å². The van der Waals surface area contributed by atoms with E-state index in [1.165, 1.54) is 30.3 Å². The van der Waals surface area contributed by atoms with Crippen LogP contribution < -0.4 is 10.0 Å². The van der Waals surface area contributed by atoms with Crippen molar-refractivity contribution in [1.82, 2.24) is 0 Å². The fraction of sp³-hybridized carbons (Fsp3) is 0.0870. The Balaban J connectivity index is 1.58. The van der Waals surface area contributed by atoms with Gasteiger partial charge in [-0.25, -0.2) is 8.42 Å². The van der Waals surface area contributed by atoms with Gasteiger partial charge in [-0.1, -0.05) is 29.8 Å². The number of aryl methyl sites for hydroxylation is 1. The van der Waals surface area contributed by atoms with E-state index in [0.717, 1.165) is 23.5 Å². The number of carbonyl (C=O) groups excluding carboxylic acids is 1. The molecule has 0 fully saturated rings. The standard InChI is InChI=1S/C23H16ClF3N2O3S2/c1-13-17-11-14(23(25,26)27)9-10-19(17)33-21(13)22(30)28-15-5-4-6-16(12-15)29-34(31,32)20-8-3-2-7-18(20)24/h2-12,29H,1H3,(H,28,30). The van der Waals surface area contributed by atoms with Crippen LogP contribution >= 0.6 is 22.9 Å². The van der Waals surface area contributed by atoms with Crippen LogP contribution in [0.1, 0.15) is 20.8 Å². The number of benzene rings is 3. The highest BCUT2D eigenvalue weighted by atomic mass is 35.5. The largest absolute Gasteiger partial charge is 0.416 e. The van der Waals surface area contributed by atoms with Gasteiger partial charge in [-0.3, -0.25) is 9.52 Å². The summed E-state index contributed by atoms with van der Waals surface area (Å²) in [6, 6.07) is 15.4. The molecule has 0 aliphatic heterocycles. The maximum atomic E-state index is 13.1. The molecule has 4 rings (SSSR count). The Morgan fingerprint density at radius 3 is 2.38 bits per heavy atom. The Labute approximate surface area is 202 Å². The van der Waals surface area contributed by atoms with E-state index in [1.807, 2.05) is 0 Å². The number of amides is 1. The molecule has 11 heteroatoms. The molecule has 176 valence electrons. The van der Waals surface area contributed by atoms with Crippen LogP contribution in [-0.4, -0.2) is 14.3 Å². The van der Waals surface area contributed by atoms with Gasteiger partial charge in [0.2, 0.25) is 0 Å². The molecule has 0 unspecified atom stereocenters. The van der Waals surface area contributed by atoms with Gasteiger partial charge in [0.25, 0.3) is 15.9 Å². The zero-order valence-corrected chi connectivity index (χ0v) is 19.8. The van der Waals surface area contributed by atoms with E-state index in [1.54, 1.807) is 31.2 Å². The number of nitrogens with one attached hydrogen (secondary N) is 2. The summed E-state index contributed by atoms with van der Waals surface area (Å²) in [5.41, 5.74) is 0.142.